The highest BCUT2D eigenvalue weighted by Gasteiger charge is 2.12. The van der Waals surface area contributed by atoms with Gasteiger partial charge in [-0.3, -0.25) is 0 Å². The Morgan fingerprint density at radius 1 is 1.56 bits per heavy atom. The molecule has 0 unspecified atom stereocenters. The molecule has 1 aromatic heterocycles. The summed E-state index contributed by atoms with van der Waals surface area (Å²) < 4.78 is 9.71. The topological polar surface area (TPSA) is 63.2 Å². The molecule has 1 aromatic rings. The molecule has 1 aliphatic heterocycles. The average molecular weight is 269 g/mol. The van der Waals surface area contributed by atoms with Crippen molar-refractivity contribution in [3.05, 3.63) is 17.0 Å². The van der Waals surface area contributed by atoms with E-state index in [1.54, 1.807) is 17.6 Å². The summed E-state index contributed by atoms with van der Waals surface area (Å²) in [4.78, 5) is 14.0. The van der Waals surface area contributed by atoms with Crippen LogP contribution in [0.25, 0.3) is 0 Å². The van der Waals surface area contributed by atoms with Crippen LogP contribution < -0.4 is 10.3 Å². The number of methoxy groups -OCH3 is 1. The monoisotopic (exact) mass is 269 g/mol. The first-order chi connectivity index (χ1) is 8.79. The van der Waals surface area contributed by atoms with Crippen molar-refractivity contribution in [3.63, 3.8) is 0 Å². The summed E-state index contributed by atoms with van der Waals surface area (Å²) >= 11 is 1.63. The number of rotatable bonds is 3. The van der Waals surface area contributed by atoms with E-state index < -0.39 is 6.09 Å². The van der Waals surface area contributed by atoms with Crippen LogP contribution in [0.15, 0.2) is 17.2 Å². The summed E-state index contributed by atoms with van der Waals surface area (Å²) in [6.07, 6.45) is 1.03. The third kappa shape index (κ3) is 3.44. The first-order valence-corrected chi connectivity index (χ1v) is 6.41. The molecule has 0 aromatic carbocycles. The van der Waals surface area contributed by atoms with Gasteiger partial charge in [0.05, 0.1) is 31.5 Å². The van der Waals surface area contributed by atoms with Crippen molar-refractivity contribution in [2.75, 3.05) is 38.3 Å². The van der Waals surface area contributed by atoms with Crippen LogP contribution in [0.3, 0.4) is 0 Å². The minimum atomic E-state index is -0.573. The number of thiophene rings is 1. The molecular formula is C11H15N3O3S. The lowest BCUT2D eigenvalue weighted by Crippen LogP contribution is -2.35. The molecule has 7 heteroatoms. The Bertz CT molecular complexity index is 427. The molecule has 6 nitrogen and oxygen atoms in total. The maximum Gasteiger partial charge on any atom is 0.427 e. The second-order valence-electron chi connectivity index (χ2n) is 3.64. The van der Waals surface area contributed by atoms with Crippen molar-refractivity contribution in [2.45, 2.75) is 0 Å². The van der Waals surface area contributed by atoms with Crippen molar-refractivity contribution >= 4 is 28.6 Å². The predicted molar refractivity (Wildman–Crippen MR) is 70.5 cm³/mol. The number of nitrogens with one attached hydrogen (secondary N) is 1. The predicted octanol–water partition coefficient (Wildman–Crippen LogP) is 1.27. The number of hydrogen-bond acceptors (Lipinski definition) is 6. The normalized spacial score (nSPS) is 15.9. The van der Waals surface area contributed by atoms with Crippen LogP contribution >= 0.6 is 11.3 Å². The van der Waals surface area contributed by atoms with Gasteiger partial charge in [0.15, 0.2) is 0 Å². The van der Waals surface area contributed by atoms with E-state index in [0.717, 1.165) is 31.2 Å². The number of ether oxygens (including phenoxy) is 2. The molecular weight excluding hydrogens is 254 g/mol. The summed E-state index contributed by atoms with van der Waals surface area (Å²) in [5.41, 5.74) is 2.25. The SMILES string of the molecule is COC(=O)N/N=C\c1ccc(N2CCOCC2)s1. The van der Waals surface area contributed by atoms with Gasteiger partial charge in [0, 0.05) is 18.0 Å². The Morgan fingerprint density at radius 3 is 3.06 bits per heavy atom. The van der Waals surface area contributed by atoms with Crippen molar-refractivity contribution in [2.24, 2.45) is 5.10 Å². The number of nitrogens with zero attached hydrogens (tertiary/aromatic N) is 2. The van der Waals surface area contributed by atoms with Gasteiger partial charge in [-0.25, -0.2) is 10.2 Å². The zero-order valence-electron chi connectivity index (χ0n) is 10.1. The van der Waals surface area contributed by atoms with Crippen molar-refractivity contribution < 1.29 is 14.3 Å². The van der Waals surface area contributed by atoms with E-state index in [1.807, 2.05) is 6.07 Å². The van der Waals surface area contributed by atoms with Gasteiger partial charge < -0.3 is 14.4 Å². The average Bonchev–Trinajstić information content (AvgIpc) is 2.88. The standard InChI is InChI=1S/C11H15N3O3S/c1-16-11(15)13-12-8-9-2-3-10(18-9)14-4-6-17-7-5-14/h2-3,8H,4-7H2,1H3,(H,13,15)/b12-8-. The molecule has 1 saturated heterocycles. The smallest absolute Gasteiger partial charge is 0.427 e. The molecule has 98 valence electrons. The summed E-state index contributed by atoms with van der Waals surface area (Å²) in [6, 6.07) is 4.02. The van der Waals surface area contributed by atoms with Gasteiger partial charge in [0.25, 0.3) is 0 Å². The van der Waals surface area contributed by atoms with E-state index >= 15 is 0 Å². The van der Waals surface area contributed by atoms with Crippen LogP contribution in [0, 0.1) is 0 Å². The minimum Gasteiger partial charge on any atom is -0.452 e. The third-order valence-corrected chi connectivity index (χ3v) is 3.55. The fraction of sp³-hybridized carbons (Fsp3) is 0.455. The lowest BCUT2D eigenvalue weighted by Gasteiger charge is -2.27. The number of hydrogen-bond donors (Lipinski definition) is 1. The molecule has 1 fully saturated rings. The zero-order valence-corrected chi connectivity index (χ0v) is 10.9. The van der Waals surface area contributed by atoms with E-state index in [4.69, 9.17) is 4.74 Å². The number of carbonyl (C=O) groups is 1. The van der Waals surface area contributed by atoms with Gasteiger partial charge in [0.1, 0.15) is 0 Å². The highest BCUT2D eigenvalue weighted by Crippen LogP contribution is 2.25. The molecule has 0 saturated carbocycles. The quantitative estimate of drug-likeness (QED) is 0.663. The molecule has 1 aliphatic rings. The van der Waals surface area contributed by atoms with E-state index in [-0.39, 0.29) is 0 Å². The first-order valence-electron chi connectivity index (χ1n) is 5.59. The maximum atomic E-state index is 10.8. The molecule has 2 heterocycles. The van der Waals surface area contributed by atoms with Crippen LogP contribution in [0.2, 0.25) is 0 Å². The fourth-order valence-corrected chi connectivity index (χ4v) is 2.49. The Kier molecular flexibility index (Phi) is 4.54. The number of anilines is 1. The Balaban J connectivity index is 1.91. The minimum absolute atomic E-state index is 0.573. The fourth-order valence-electron chi connectivity index (χ4n) is 1.56. The Hall–Kier alpha value is -1.60. The van der Waals surface area contributed by atoms with Crippen LogP contribution in [-0.2, 0) is 9.47 Å². The van der Waals surface area contributed by atoms with E-state index in [0.29, 0.717) is 0 Å². The van der Waals surface area contributed by atoms with E-state index in [9.17, 15) is 4.79 Å². The first kappa shape index (κ1) is 12.8. The van der Waals surface area contributed by atoms with Crippen molar-refractivity contribution in [3.8, 4) is 0 Å². The maximum absolute atomic E-state index is 10.8. The summed E-state index contributed by atoms with van der Waals surface area (Å²) in [5.74, 6) is 0. The number of amides is 1. The number of morpholine rings is 1. The zero-order chi connectivity index (χ0) is 12.8. The number of hydrazone groups is 1. The molecule has 0 bridgehead atoms. The molecule has 1 N–H and O–H groups in total. The molecule has 0 radical (unpaired) electrons. The molecule has 0 spiro atoms. The van der Waals surface area contributed by atoms with Gasteiger partial charge in [-0.05, 0) is 12.1 Å². The van der Waals surface area contributed by atoms with Gasteiger partial charge in [-0.15, -0.1) is 11.3 Å². The molecule has 1 amide bonds. The van der Waals surface area contributed by atoms with Gasteiger partial charge in [-0.1, -0.05) is 0 Å². The highest BCUT2D eigenvalue weighted by atomic mass is 32.1. The second kappa shape index (κ2) is 6.36. The highest BCUT2D eigenvalue weighted by molar-refractivity contribution is 7.17. The second-order valence-corrected chi connectivity index (χ2v) is 4.73. The van der Waals surface area contributed by atoms with Gasteiger partial charge >= 0.3 is 6.09 Å². The summed E-state index contributed by atoms with van der Waals surface area (Å²) in [6.45, 7) is 3.37. The molecule has 18 heavy (non-hydrogen) atoms. The molecule has 2 rings (SSSR count). The Morgan fingerprint density at radius 2 is 2.33 bits per heavy atom. The Labute approximate surface area is 109 Å². The van der Waals surface area contributed by atoms with E-state index in [2.05, 4.69) is 26.2 Å². The third-order valence-electron chi connectivity index (χ3n) is 2.47. The van der Waals surface area contributed by atoms with Crippen LogP contribution in [0.5, 0.6) is 0 Å². The van der Waals surface area contributed by atoms with Crippen molar-refractivity contribution in [1.82, 2.24) is 5.43 Å². The lowest BCUT2D eigenvalue weighted by molar-refractivity contribution is 0.123. The number of carbonyl (C=O) groups excluding carboxylic acids is 1. The summed E-state index contributed by atoms with van der Waals surface area (Å²) in [7, 11) is 1.30. The lowest BCUT2D eigenvalue weighted by atomic mass is 10.4. The molecule has 0 atom stereocenters. The summed E-state index contributed by atoms with van der Waals surface area (Å²) in [5, 5.41) is 4.98. The van der Waals surface area contributed by atoms with Gasteiger partial charge in [0.2, 0.25) is 0 Å². The molecule has 0 aliphatic carbocycles. The van der Waals surface area contributed by atoms with Gasteiger partial charge in [-0.2, -0.15) is 5.10 Å². The largest absolute Gasteiger partial charge is 0.452 e. The van der Waals surface area contributed by atoms with Crippen LogP contribution in [0.4, 0.5) is 9.80 Å². The van der Waals surface area contributed by atoms with Crippen LogP contribution in [-0.4, -0.2) is 45.7 Å². The van der Waals surface area contributed by atoms with Crippen molar-refractivity contribution in [1.29, 1.82) is 0 Å². The van der Waals surface area contributed by atoms with Crippen LogP contribution in [0.1, 0.15) is 4.88 Å². The van der Waals surface area contributed by atoms with E-state index in [1.165, 1.54) is 12.1 Å².